The molecule has 128 valence electrons. The average Bonchev–Trinajstić information content (AvgIpc) is 2.35. The van der Waals surface area contributed by atoms with Crippen molar-refractivity contribution in [1.29, 1.82) is 0 Å². The van der Waals surface area contributed by atoms with Gasteiger partial charge < -0.3 is 15.2 Å². The molecule has 0 aliphatic rings. The second-order valence-electron chi connectivity index (χ2n) is 5.96. The Bertz CT molecular complexity index is 645. The summed E-state index contributed by atoms with van der Waals surface area (Å²) in [5.41, 5.74) is -2.25. The number of pyridine rings is 1. The van der Waals surface area contributed by atoms with Crippen molar-refractivity contribution < 1.29 is 22.8 Å². The van der Waals surface area contributed by atoms with Crippen LogP contribution in [-0.2, 0) is 22.3 Å². The molecule has 0 bridgehead atoms. The molecular weight excluding hydrogens is 315 g/mol. The van der Waals surface area contributed by atoms with Crippen molar-refractivity contribution in [3.8, 4) is 0 Å². The molecule has 23 heavy (non-hydrogen) atoms. The van der Waals surface area contributed by atoms with Gasteiger partial charge in [0, 0.05) is 17.8 Å². The van der Waals surface area contributed by atoms with Gasteiger partial charge in [0.15, 0.2) is 0 Å². The minimum atomic E-state index is -4.61. The van der Waals surface area contributed by atoms with E-state index in [1.165, 1.54) is 0 Å². The minimum Gasteiger partial charge on any atom is -0.350 e. The summed E-state index contributed by atoms with van der Waals surface area (Å²) in [6, 6.07) is 1.38. The molecule has 0 spiro atoms. The highest BCUT2D eigenvalue weighted by Gasteiger charge is 2.31. The van der Waals surface area contributed by atoms with E-state index in [-0.39, 0.29) is 6.54 Å². The summed E-state index contributed by atoms with van der Waals surface area (Å²) in [6.45, 7) is 4.34. The zero-order chi connectivity index (χ0) is 17.8. The first-order chi connectivity index (χ1) is 10.4. The van der Waals surface area contributed by atoms with Crippen LogP contribution in [-0.4, -0.2) is 28.5 Å². The number of carbonyl (C=O) groups excluding carboxylic acids is 2. The molecule has 1 aromatic heterocycles. The maximum atomic E-state index is 12.6. The van der Waals surface area contributed by atoms with Crippen LogP contribution in [0.1, 0.15) is 26.3 Å². The van der Waals surface area contributed by atoms with Gasteiger partial charge in [0.25, 0.3) is 5.56 Å². The molecule has 0 aromatic carbocycles. The fraction of sp³-hybridized carbons (Fsp3) is 0.500. The van der Waals surface area contributed by atoms with Crippen molar-refractivity contribution in [1.82, 2.24) is 15.2 Å². The van der Waals surface area contributed by atoms with Gasteiger partial charge in [-0.2, -0.15) is 13.2 Å². The predicted molar refractivity (Wildman–Crippen MR) is 76.6 cm³/mol. The number of carbonyl (C=O) groups is 2. The standard InChI is InChI=1S/C14H18F3N3O3/c1-13(2,3)19-10(21)6-18-11(22)8-20-7-9(14(15,16)17)4-5-12(20)23/h4-5,7H,6,8H2,1-3H3,(H,18,22)(H,19,21). The van der Waals surface area contributed by atoms with Crippen LogP contribution in [0.5, 0.6) is 0 Å². The number of nitrogens with zero attached hydrogens (tertiary/aromatic N) is 1. The lowest BCUT2D eigenvalue weighted by molar-refractivity contribution is -0.138. The first-order valence-corrected chi connectivity index (χ1v) is 6.74. The molecule has 1 aromatic rings. The molecule has 2 amide bonds. The van der Waals surface area contributed by atoms with Gasteiger partial charge in [0.2, 0.25) is 11.8 Å². The SMILES string of the molecule is CC(C)(C)NC(=O)CNC(=O)Cn1cc(C(F)(F)F)ccc1=O. The first kappa shape index (κ1) is 18.7. The minimum absolute atomic E-state index is 0.330. The molecular formula is C14H18F3N3O3. The van der Waals surface area contributed by atoms with Crippen molar-refractivity contribution in [3.05, 3.63) is 34.2 Å². The van der Waals surface area contributed by atoms with E-state index in [1.807, 2.05) is 0 Å². The Balaban J connectivity index is 2.68. The second-order valence-corrected chi connectivity index (χ2v) is 5.96. The number of rotatable bonds is 4. The van der Waals surface area contributed by atoms with E-state index in [4.69, 9.17) is 0 Å². The highest BCUT2D eigenvalue weighted by molar-refractivity contribution is 5.84. The number of aromatic nitrogens is 1. The van der Waals surface area contributed by atoms with Crippen LogP contribution in [0.4, 0.5) is 13.2 Å². The van der Waals surface area contributed by atoms with Crippen molar-refractivity contribution in [2.75, 3.05) is 6.54 Å². The van der Waals surface area contributed by atoms with Gasteiger partial charge in [0.05, 0.1) is 12.1 Å². The van der Waals surface area contributed by atoms with Crippen molar-refractivity contribution in [3.63, 3.8) is 0 Å². The number of hydrogen-bond acceptors (Lipinski definition) is 3. The monoisotopic (exact) mass is 333 g/mol. The van der Waals surface area contributed by atoms with E-state index in [1.54, 1.807) is 20.8 Å². The fourth-order valence-electron chi connectivity index (χ4n) is 1.67. The molecule has 0 saturated carbocycles. The van der Waals surface area contributed by atoms with Gasteiger partial charge in [-0.25, -0.2) is 0 Å². The lowest BCUT2D eigenvalue weighted by Gasteiger charge is -2.20. The summed E-state index contributed by atoms with van der Waals surface area (Å²) < 4.78 is 38.4. The molecule has 0 fully saturated rings. The number of halogens is 3. The third kappa shape index (κ3) is 6.54. The van der Waals surface area contributed by atoms with E-state index >= 15 is 0 Å². The summed E-state index contributed by atoms with van der Waals surface area (Å²) in [6.07, 6.45) is -4.05. The highest BCUT2D eigenvalue weighted by atomic mass is 19.4. The van der Waals surface area contributed by atoms with E-state index in [9.17, 15) is 27.6 Å². The number of amides is 2. The Morgan fingerprint density at radius 3 is 2.26 bits per heavy atom. The maximum absolute atomic E-state index is 12.6. The summed E-state index contributed by atoms with van der Waals surface area (Å²) in [4.78, 5) is 34.7. The van der Waals surface area contributed by atoms with Crippen molar-refractivity contribution >= 4 is 11.8 Å². The third-order valence-electron chi connectivity index (χ3n) is 2.59. The predicted octanol–water partition coefficient (Wildman–Crippen LogP) is 0.898. The van der Waals surface area contributed by atoms with Crippen LogP contribution in [0, 0.1) is 0 Å². The summed E-state index contributed by atoms with van der Waals surface area (Å²) in [5.74, 6) is -1.18. The van der Waals surface area contributed by atoms with Crippen LogP contribution >= 0.6 is 0 Å². The van der Waals surface area contributed by atoms with Crippen molar-refractivity contribution in [2.45, 2.75) is 39.0 Å². The van der Waals surface area contributed by atoms with Crippen LogP contribution in [0.2, 0.25) is 0 Å². The average molecular weight is 333 g/mol. The lowest BCUT2D eigenvalue weighted by atomic mass is 10.1. The van der Waals surface area contributed by atoms with E-state index < -0.39 is 41.2 Å². The van der Waals surface area contributed by atoms with Gasteiger partial charge >= 0.3 is 6.18 Å². The maximum Gasteiger partial charge on any atom is 0.417 e. The summed E-state index contributed by atoms with van der Waals surface area (Å²) in [7, 11) is 0. The highest BCUT2D eigenvalue weighted by Crippen LogP contribution is 2.27. The molecule has 9 heteroatoms. The molecule has 0 aliphatic heterocycles. The molecule has 0 aliphatic carbocycles. The van der Waals surface area contributed by atoms with Crippen LogP contribution in [0.3, 0.4) is 0 Å². The van der Waals surface area contributed by atoms with Crippen molar-refractivity contribution in [2.24, 2.45) is 0 Å². The van der Waals surface area contributed by atoms with Crippen LogP contribution in [0.15, 0.2) is 23.1 Å². The zero-order valence-corrected chi connectivity index (χ0v) is 13.0. The third-order valence-corrected chi connectivity index (χ3v) is 2.59. The normalized spacial score (nSPS) is 11.9. The zero-order valence-electron chi connectivity index (χ0n) is 13.0. The van der Waals surface area contributed by atoms with Crippen LogP contribution in [0.25, 0.3) is 0 Å². The molecule has 0 unspecified atom stereocenters. The number of alkyl halides is 3. The largest absolute Gasteiger partial charge is 0.417 e. The quantitative estimate of drug-likeness (QED) is 0.859. The lowest BCUT2D eigenvalue weighted by Crippen LogP contribution is -2.46. The Morgan fingerprint density at radius 1 is 1.13 bits per heavy atom. The fourth-order valence-corrected chi connectivity index (χ4v) is 1.67. The van der Waals surface area contributed by atoms with E-state index in [2.05, 4.69) is 10.6 Å². The Kier molecular flexibility index (Phi) is 5.57. The smallest absolute Gasteiger partial charge is 0.350 e. The van der Waals surface area contributed by atoms with Gasteiger partial charge in [-0.15, -0.1) is 0 Å². The molecule has 0 radical (unpaired) electrons. The topological polar surface area (TPSA) is 80.2 Å². The number of nitrogens with one attached hydrogen (secondary N) is 2. The number of hydrogen-bond donors (Lipinski definition) is 2. The molecule has 6 nitrogen and oxygen atoms in total. The van der Waals surface area contributed by atoms with Gasteiger partial charge in [0.1, 0.15) is 6.54 Å². The van der Waals surface area contributed by atoms with Gasteiger partial charge in [-0.3, -0.25) is 14.4 Å². The summed E-state index contributed by atoms with van der Waals surface area (Å²) in [5, 5.41) is 4.85. The molecule has 1 rings (SSSR count). The van der Waals surface area contributed by atoms with Crippen LogP contribution < -0.4 is 16.2 Å². The Labute approximate surface area is 130 Å². The first-order valence-electron chi connectivity index (χ1n) is 6.74. The van der Waals surface area contributed by atoms with E-state index in [0.717, 1.165) is 6.07 Å². The van der Waals surface area contributed by atoms with Gasteiger partial charge in [-0.1, -0.05) is 0 Å². The molecule has 0 saturated heterocycles. The second kappa shape index (κ2) is 6.84. The van der Waals surface area contributed by atoms with E-state index in [0.29, 0.717) is 16.8 Å². The Morgan fingerprint density at radius 2 is 1.74 bits per heavy atom. The molecule has 1 heterocycles. The summed E-state index contributed by atoms with van der Waals surface area (Å²) >= 11 is 0. The molecule has 0 atom stereocenters. The Hall–Kier alpha value is -2.32. The van der Waals surface area contributed by atoms with Gasteiger partial charge in [-0.05, 0) is 26.8 Å². The molecule has 2 N–H and O–H groups in total.